The molecule has 0 amide bonds. The predicted octanol–water partition coefficient (Wildman–Crippen LogP) is 3.08. The summed E-state index contributed by atoms with van der Waals surface area (Å²) in [5.74, 6) is 0.923. The fourth-order valence-corrected chi connectivity index (χ4v) is 4.74. The monoisotopic (exact) mass is 515 g/mol. The molecule has 0 spiro atoms. The van der Waals surface area contributed by atoms with Crippen molar-refractivity contribution in [3.8, 4) is 11.1 Å². The second-order valence-electron chi connectivity index (χ2n) is 9.51. The highest BCUT2D eigenvalue weighted by Crippen LogP contribution is 2.29. The number of H-pyrrole nitrogens is 1. The van der Waals surface area contributed by atoms with Gasteiger partial charge in [-0.1, -0.05) is 12.1 Å². The van der Waals surface area contributed by atoms with Gasteiger partial charge in [-0.2, -0.15) is 5.10 Å². The smallest absolute Gasteiger partial charge is 0.225 e. The summed E-state index contributed by atoms with van der Waals surface area (Å²) in [5, 5.41) is 23.0. The Bertz CT molecular complexity index is 1450. The minimum Gasteiger partial charge on any atom is -0.381 e. The highest BCUT2D eigenvalue weighted by Gasteiger charge is 2.28. The largest absolute Gasteiger partial charge is 0.381 e. The SMILES string of the molecule is Cc1nn(C)cc1-c1c[nH]c(C(=NC=N)N2CCN(c3ncc([C@@](C)(O)c4ccc(F)cc4)cn3)CC2)c1. The van der Waals surface area contributed by atoms with Crippen LogP contribution in [0.4, 0.5) is 10.3 Å². The molecule has 196 valence electrons. The molecular formula is C27H30FN9O. The van der Waals surface area contributed by atoms with Gasteiger partial charge in [0.25, 0.3) is 0 Å². The van der Waals surface area contributed by atoms with Crippen LogP contribution in [0.1, 0.15) is 29.4 Å². The molecule has 0 bridgehead atoms. The minimum atomic E-state index is -1.34. The molecule has 38 heavy (non-hydrogen) atoms. The molecule has 1 aliphatic heterocycles. The maximum absolute atomic E-state index is 13.3. The molecule has 4 heterocycles. The van der Waals surface area contributed by atoms with Crippen LogP contribution in [-0.4, -0.2) is 73.1 Å². The second kappa shape index (κ2) is 10.2. The normalized spacial score (nSPS) is 16.0. The van der Waals surface area contributed by atoms with Crippen LogP contribution < -0.4 is 4.90 Å². The first kappa shape index (κ1) is 25.3. The number of aliphatic imine (C=N–C) groups is 1. The van der Waals surface area contributed by atoms with Gasteiger partial charge >= 0.3 is 0 Å². The van der Waals surface area contributed by atoms with E-state index in [1.54, 1.807) is 36.1 Å². The Morgan fingerprint density at radius 1 is 1.13 bits per heavy atom. The predicted molar refractivity (Wildman–Crippen MR) is 144 cm³/mol. The molecule has 1 saturated heterocycles. The second-order valence-corrected chi connectivity index (χ2v) is 9.51. The van der Waals surface area contributed by atoms with Crippen LogP contribution in [-0.2, 0) is 12.6 Å². The number of aliphatic hydroxyl groups is 1. The standard InChI is InChI=1S/C27H30FN9O/c1-18-23(16-35(3)34-18)19-12-24(30-13-19)25(33-17-29)36-8-10-37(11-9-36)26-31-14-21(15-32-26)27(2,38)20-4-6-22(28)7-5-20/h4-7,12-17,29-30,38H,8-11H2,1-3H3/t27-/m0/s1. The summed E-state index contributed by atoms with van der Waals surface area (Å²) in [6, 6.07) is 7.79. The summed E-state index contributed by atoms with van der Waals surface area (Å²) < 4.78 is 15.1. The number of piperazine rings is 1. The van der Waals surface area contributed by atoms with Gasteiger partial charge in [0.1, 0.15) is 17.8 Å². The van der Waals surface area contributed by atoms with E-state index in [4.69, 9.17) is 5.41 Å². The number of anilines is 1. The highest BCUT2D eigenvalue weighted by molar-refractivity contribution is 6.02. The third-order valence-corrected chi connectivity index (χ3v) is 6.90. The first-order valence-corrected chi connectivity index (χ1v) is 12.3. The molecule has 3 N–H and O–H groups in total. The summed E-state index contributed by atoms with van der Waals surface area (Å²) in [6.45, 7) is 6.30. The van der Waals surface area contributed by atoms with Gasteiger partial charge < -0.3 is 19.9 Å². The summed E-state index contributed by atoms with van der Waals surface area (Å²) in [6.07, 6.45) is 8.21. The summed E-state index contributed by atoms with van der Waals surface area (Å²) in [5.41, 5.74) is 3.60. The van der Waals surface area contributed by atoms with E-state index in [0.717, 1.165) is 28.9 Å². The third kappa shape index (κ3) is 4.92. The third-order valence-electron chi connectivity index (χ3n) is 6.90. The van der Waals surface area contributed by atoms with E-state index in [1.165, 1.54) is 12.1 Å². The maximum atomic E-state index is 13.3. The molecule has 10 nitrogen and oxygen atoms in total. The van der Waals surface area contributed by atoms with Crippen molar-refractivity contribution in [3.63, 3.8) is 0 Å². The zero-order chi connectivity index (χ0) is 26.9. The molecule has 1 fully saturated rings. The Morgan fingerprint density at radius 2 is 1.82 bits per heavy atom. The average Bonchev–Trinajstić information content (AvgIpc) is 3.53. The van der Waals surface area contributed by atoms with E-state index in [9.17, 15) is 9.50 Å². The average molecular weight is 516 g/mol. The molecular weight excluding hydrogens is 485 g/mol. The van der Waals surface area contributed by atoms with Crippen LogP contribution in [0.25, 0.3) is 11.1 Å². The maximum Gasteiger partial charge on any atom is 0.225 e. The fourth-order valence-electron chi connectivity index (χ4n) is 4.74. The lowest BCUT2D eigenvalue weighted by Gasteiger charge is -2.36. The molecule has 3 aromatic heterocycles. The van der Waals surface area contributed by atoms with Crippen molar-refractivity contribution in [3.05, 3.63) is 83.5 Å². The number of halogens is 1. The highest BCUT2D eigenvalue weighted by atomic mass is 19.1. The van der Waals surface area contributed by atoms with Gasteiger partial charge in [-0.3, -0.25) is 10.1 Å². The van der Waals surface area contributed by atoms with Crippen LogP contribution in [0, 0.1) is 18.2 Å². The van der Waals surface area contributed by atoms with Gasteiger partial charge in [-0.25, -0.2) is 19.4 Å². The van der Waals surface area contributed by atoms with Gasteiger partial charge in [-0.15, -0.1) is 0 Å². The van der Waals surface area contributed by atoms with E-state index in [1.807, 2.05) is 32.4 Å². The quantitative estimate of drug-likeness (QED) is 0.268. The van der Waals surface area contributed by atoms with E-state index in [0.29, 0.717) is 49.1 Å². The molecule has 0 saturated carbocycles. The molecule has 0 aliphatic carbocycles. The molecule has 1 atom stereocenters. The van der Waals surface area contributed by atoms with Crippen molar-refractivity contribution in [2.45, 2.75) is 19.4 Å². The Balaban J connectivity index is 1.27. The Hall–Kier alpha value is -4.38. The number of aromatic nitrogens is 5. The van der Waals surface area contributed by atoms with Crippen molar-refractivity contribution >= 4 is 18.1 Å². The zero-order valence-corrected chi connectivity index (χ0v) is 21.6. The summed E-state index contributed by atoms with van der Waals surface area (Å²) in [7, 11) is 1.90. The van der Waals surface area contributed by atoms with Crippen LogP contribution in [0.5, 0.6) is 0 Å². The molecule has 4 aromatic rings. The van der Waals surface area contributed by atoms with Gasteiger partial charge in [0.05, 0.1) is 11.4 Å². The Kier molecular flexibility index (Phi) is 6.77. The van der Waals surface area contributed by atoms with Gasteiger partial charge in [0.15, 0.2) is 5.84 Å². The molecule has 0 radical (unpaired) electrons. The number of nitrogens with zero attached hydrogens (tertiary/aromatic N) is 7. The lowest BCUT2D eigenvalue weighted by molar-refractivity contribution is 0.101. The fraction of sp³-hybridized carbons (Fsp3) is 0.296. The first-order chi connectivity index (χ1) is 18.3. The number of nitrogens with one attached hydrogen (secondary N) is 2. The number of benzene rings is 1. The summed E-state index contributed by atoms with van der Waals surface area (Å²) in [4.78, 5) is 20.9. The van der Waals surface area contributed by atoms with Gasteiger partial charge in [0.2, 0.25) is 5.95 Å². The topological polar surface area (TPSA) is 122 Å². The van der Waals surface area contributed by atoms with E-state index in [2.05, 4.69) is 34.8 Å². The van der Waals surface area contributed by atoms with Crippen molar-refractivity contribution < 1.29 is 9.50 Å². The van der Waals surface area contributed by atoms with Crippen LogP contribution >= 0.6 is 0 Å². The Morgan fingerprint density at radius 3 is 2.42 bits per heavy atom. The van der Waals surface area contributed by atoms with E-state index < -0.39 is 5.60 Å². The molecule has 0 unspecified atom stereocenters. The van der Waals surface area contributed by atoms with Crippen molar-refractivity contribution in [1.29, 1.82) is 5.41 Å². The lowest BCUT2D eigenvalue weighted by atomic mass is 9.90. The molecule has 5 rings (SSSR count). The van der Waals surface area contributed by atoms with E-state index >= 15 is 0 Å². The van der Waals surface area contributed by atoms with Crippen molar-refractivity contribution in [2.75, 3.05) is 31.1 Å². The van der Waals surface area contributed by atoms with Crippen molar-refractivity contribution in [1.82, 2.24) is 29.6 Å². The van der Waals surface area contributed by atoms with Crippen LogP contribution in [0.2, 0.25) is 0 Å². The molecule has 1 aromatic carbocycles. The van der Waals surface area contributed by atoms with Crippen molar-refractivity contribution in [2.24, 2.45) is 12.0 Å². The number of aromatic amines is 1. The van der Waals surface area contributed by atoms with Crippen LogP contribution in [0.15, 0.2) is 60.1 Å². The number of aryl methyl sites for hydroxylation is 2. The Labute approximate surface area is 220 Å². The first-order valence-electron chi connectivity index (χ1n) is 12.3. The number of amidine groups is 1. The zero-order valence-electron chi connectivity index (χ0n) is 21.6. The minimum absolute atomic E-state index is 0.357. The lowest BCUT2D eigenvalue weighted by Crippen LogP contribution is -2.49. The molecule has 11 heteroatoms. The summed E-state index contributed by atoms with van der Waals surface area (Å²) >= 11 is 0. The number of rotatable bonds is 6. The van der Waals surface area contributed by atoms with E-state index in [-0.39, 0.29) is 5.82 Å². The molecule has 1 aliphatic rings. The number of hydrogen-bond donors (Lipinski definition) is 3. The number of hydrogen-bond acceptors (Lipinski definition) is 6. The van der Waals surface area contributed by atoms with Gasteiger partial charge in [0, 0.05) is 74.7 Å². The van der Waals surface area contributed by atoms with Crippen LogP contribution in [0.3, 0.4) is 0 Å². The van der Waals surface area contributed by atoms with Gasteiger partial charge in [-0.05, 0) is 37.6 Å².